The smallest absolute Gasteiger partial charge is 0.203 e. The van der Waals surface area contributed by atoms with Crippen molar-refractivity contribution in [1.82, 2.24) is 0 Å². The van der Waals surface area contributed by atoms with E-state index in [4.69, 9.17) is 18.9 Å². The molecule has 0 aromatic heterocycles. The third-order valence-electron chi connectivity index (χ3n) is 3.65. The maximum absolute atomic E-state index is 12.4. The van der Waals surface area contributed by atoms with Crippen molar-refractivity contribution in [3.05, 3.63) is 53.6 Å². The highest BCUT2D eigenvalue weighted by molar-refractivity contribution is 6.06. The van der Waals surface area contributed by atoms with Crippen molar-refractivity contribution in [3.63, 3.8) is 0 Å². The lowest BCUT2D eigenvalue weighted by atomic mass is 10.1. The van der Waals surface area contributed by atoms with Gasteiger partial charge in [-0.1, -0.05) is 6.08 Å². The minimum atomic E-state index is -0.0973. The van der Waals surface area contributed by atoms with Crippen LogP contribution in [0.1, 0.15) is 29.8 Å². The predicted octanol–water partition coefficient (Wildman–Crippen LogP) is 4.40. The number of carbonyl (C=O) groups excluding carboxylic acids is 1. The van der Waals surface area contributed by atoms with Crippen LogP contribution in [-0.2, 0) is 0 Å². The highest BCUT2D eigenvalue weighted by atomic mass is 16.5. The lowest BCUT2D eigenvalue weighted by Gasteiger charge is -2.14. The summed E-state index contributed by atoms with van der Waals surface area (Å²) in [4.78, 5) is 12.4. The Kier molecular flexibility index (Phi) is 7.09. The van der Waals surface area contributed by atoms with Gasteiger partial charge in [0.2, 0.25) is 5.75 Å². The third kappa shape index (κ3) is 4.79. The van der Waals surface area contributed by atoms with E-state index in [1.807, 2.05) is 13.8 Å². The predicted molar refractivity (Wildman–Crippen MR) is 102 cm³/mol. The number of hydrogen-bond acceptors (Lipinski definition) is 5. The summed E-state index contributed by atoms with van der Waals surface area (Å²) in [7, 11) is 3.13. The van der Waals surface area contributed by atoms with Gasteiger partial charge in [-0.2, -0.15) is 0 Å². The highest BCUT2D eigenvalue weighted by Crippen LogP contribution is 2.38. The van der Waals surface area contributed by atoms with Crippen LogP contribution < -0.4 is 18.9 Å². The summed E-state index contributed by atoms with van der Waals surface area (Å²) in [5, 5.41) is 0. The van der Waals surface area contributed by atoms with Gasteiger partial charge in [-0.05, 0) is 61.9 Å². The van der Waals surface area contributed by atoms with Gasteiger partial charge >= 0.3 is 0 Å². The van der Waals surface area contributed by atoms with Gasteiger partial charge in [0.15, 0.2) is 17.3 Å². The molecule has 5 heteroatoms. The number of methoxy groups -OCH3 is 2. The molecule has 26 heavy (non-hydrogen) atoms. The molecular weight excluding hydrogens is 332 g/mol. The van der Waals surface area contributed by atoms with Crippen LogP contribution in [-0.4, -0.2) is 33.2 Å². The Morgan fingerprint density at radius 3 is 2.00 bits per heavy atom. The van der Waals surface area contributed by atoms with E-state index in [-0.39, 0.29) is 5.78 Å². The summed E-state index contributed by atoms with van der Waals surface area (Å²) in [6.45, 7) is 4.90. The van der Waals surface area contributed by atoms with Crippen molar-refractivity contribution >= 4 is 11.9 Å². The summed E-state index contributed by atoms with van der Waals surface area (Å²) >= 11 is 0. The summed E-state index contributed by atoms with van der Waals surface area (Å²) in [6.07, 6.45) is 3.24. The van der Waals surface area contributed by atoms with Crippen molar-refractivity contribution in [2.24, 2.45) is 0 Å². The Morgan fingerprint density at radius 2 is 1.50 bits per heavy atom. The Morgan fingerprint density at radius 1 is 0.923 bits per heavy atom. The van der Waals surface area contributed by atoms with Crippen LogP contribution >= 0.6 is 0 Å². The quantitative estimate of drug-likeness (QED) is 0.492. The molecule has 0 spiro atoms. The molecule has 138 valence electrons. The fraction of sp³-hybridized carbons (Fsp3) is 0.286. The highest BCUT2D eigenvalue weighted by Gasteiger charge is 2.13. The van der Waals surface area contributed by atoms with Crippen molar-refractivity contribution in [2.75, 3.05) is 27.4 Å². The second-order valence-electron chi connectivity index (χ2n) is 5.34. The number of benzene rings is 2. The standard InChI is InChI=1S/C21H24O5/c1-5-25-17-10-8-16(9-11-17)18(22)12-7-15-13-19(23-3)21(26-6-2)20(14-15)24-4/h7-14H,5-6H2,1-4H3/b12-7+. The summed E-state index contributed by atoms with van der Waals surface area (Å²) in [6, 6.07) is 10.7. The first kappa shape index (κ1) is 19.4. The molecular formula is C21H24O5. The van der Waals surface area contributed by atoms with E-state index in [1.165, 1.54) is 6.08 Å². The minimum absolute atomic E-state index is 0.0973. The van der Waals surface area contributed by atoms with Crippen LogP contribution in [0.4, 0.5) is 0 Å². The SMILES string of the molecule is CCOc1ccc(C(=O)/C=C/c2cc(OC)c(OCC)c(OC)c2)cc1. The van der Waals surface area contributed by atoms with E-state index in [1.54, 1.807) is 56.7 Å². The summed E-state index contributed by atoms with van der Waals surface area (Å²) < 4.78 is 21.7. The fourth-order valence-electron chi connectivity index (χ4n) is 2.43. The molecule has 5 nitrogen and oxygen atoms in total. The minimum Gasteiger partial charge on any atom is -0.494 e. The molecule has 0 unspecified atom stereocenters. The van der Waals surface area contributed by atoms with Crippen molar-refractivity contribution in [2.45, 2.75) is 13.8 Å². The average molecular weight is 356 g/mol. The normalized spacial score (nSPS) is 10.6. The van der Waals surface area contributed by atoms with Gasteiger partial charge in [-0.3, -0.25) is 4.79 Å². The van der Waals surface area contributed by atoms with E-state index in [9.17, 15) is 4.79 Å². The van der Waals surface area contributed by atoms with E-state index < -0.39 is 0 Å². The molecule has 0 aliphatic heterocycles. The van der Waals surface area contributed by atoms with Crippen LogP contribution in [0.25, 0.3) is 6.08 Å². The fourth-order valence-corrected chi connectivity index (χ4v) is 2.43. The molecule has 2 aromatic carbocycles. The molecule has 2 aromatic rings. The first-order valence-electron chi connectivity index (χ1n) is 8.47. The van der Waals surface area contributed by atoms with Crippen molar-refractivity contribution < 1.29 is 23.7 Å². The Balaban J connectivity index is 2.22. The Labute approximate surface area is 154 Å². The first-order valence-corrected chi connectivity index (χ1v) is 8.47. The zero-order valence-electron chi connectivity index (χ0n) is 15.6. The average Bonchev–Trinajstić information content (AvgIpc) is 2.67. The van der Waals surface area contributed by atoms with Gasteiger partial charge in [0.1, 0.15) is 5.75 Å². The number of ether oxygens (including phenoxy) is 4. The first-order chi connectivity index (χ1) is 12.6. The lowest BCUT2D eigenvalue weighted by molar-refractivity contribution is 0.104. The monoisotopic (exact) mass is 356 g/mol. The molecule has 0 aliphatic rings. The molecule has 0 bridgehead atoms. The maximum Gasteiger partial charge on any atom is 0.203 e. The molecule has 2 rings (SSSR count). The number of allylic oxidation sites excluding steroid dienone is 1. The van der Waals surface area contributed by atoms with Crippen molar-refractivity contribution in [1.29, 1.82) is 0 Å². The van der Waals surface area contributed by atoms with Gasteiger partial charge < -0.3 is 18.9 Å². The molecule has 0 atom stereocenters. The molecule has 0 heterocycles. The zero-order valence-corrected chi connectivity index (χ0v) is 15.6. The topological polar surface area (TPSA) is 54.0 Å². The second kappa shape index (κ2) is 9.51. The maximum atomic E-state index is 12.4. The largest absolute Gasteiger partial charge is 0.494 e. The van der Waals surface area contributed by atoms with Crippen LogP contribution in [0.2, 0.25) is 0 Å². The lowest BCUT2D eigenvalue weighted by Crippen LogP contribution is -1.99. The van der Waals surface area contributed by atoms with Gasteiger partial charge in [0.05, 0.1) is 27.4 Å². The van der Waals surface area contributed by atoms with E-state index in [0.717, 1.165) is 11.3 Å². The van der Waals surface area contributed by atoms with E-state index in [0.29, 0.717) is 36.0 Å². The van der Waals surface area contributed by atoms with Crippen LogP contribution in [0.3, 0.4) is 0 Å². The van der Waals surface area contributed by atoms with Crippen molar-refractivity contribution in [3.8, 4) is 23.0 Å². The zero-order chi connectivity index (χ0) is 18.9. The van der Waals surface area contributed by atoms with E-state index in [2.05, 4.69) is 0 Å². The molecule has 0 amide bonds. The van der Waals surface area contributed by atoms with Gasteiger partial charge in [0.25, 0.3) is 0 Å². The number of ketones is 1. The molecule has 0 saturated carbocycles. The third-order valence-corrected chi connectivity index (χ3v) is 3.65. The summed E-state index contributed by atoms with van der Waals surface area (Å²) in [5.41, 5.74) is 1.37. The van der Waals surface area contributed by atoms with Crippen LogP contribution in [0.5, 0.6) is 23.0 Å². The molecule has 0 saturated heterocycles. The Hall–Kier alpha value is -2.95. The number of rotatable bonds is 9. The molecule has 0 aliphatic carbocycles. The van der Waals surface area contributed by atoms with Gasteiger partial charge in [-0.15, -0.1) is 0 Å². The molecule has 0 fully saturated rings. The van der Waals surface area contributed by atoms with Gasteiger partial charge in [-0.25, -0.2) is 0 Å². The van der Waals surface area contributed by atoms with Crippen LogP contribution in [0.15, 0.2) is 42.5 Å². The summed E-state index contributed by atoms with van der Waals surface area (Å²) in [5.74, 6) is 2.31. The Bertz CT molecular complexity index is 737. The second-order valence-corrected chi connectivity index (χ2v) is 5.34. The molecule has 0 radical (unpaired) electrons. The number of carbonyl (C=O) groups is 1. The molecule has 0 N–H and O–H groups in total. The number of hydrogen-bond donors (Lipinski definition) is 0. The van der Waals surface area contributed by atoms with E-state index >= 15 is 0 Å². The van der Waals surface area contributed by atoms with Crippen LogP contribution in [0, 0.1) is 0 Å². The van der Waals surface area contributed by atoms with Gasteiger partial charge in [0, 0.05) is 5.56 Å².